The predicted octanol–water partition coefficient (Wildman–Crippen LogP) is 5.27. The lowest BCUT2D eigenvalue weighted by molar-refractivity contribution is 0.0792. The van der Waals surface area contributed by atoms with Crippen molar-refractivity contribution in [2.45, 2.75) is 16.3 Å². The highest BCUT2D eigenvalue weighted by Gasteiger charge is 2.19. The van der Waals surface area contributed by atoms with Crippen LogP contribution in [0, 0.1) is 0 Å². The normalized spacial score (nSPS) is 10.6. The quantitative estimate of drug-likeness (QED) is 0.440. The molecule has 0 bridgehead atoms. The van der Waals surface area contributed by atoms with Crippen LogP contribution >= 0.6 is 35.0 Å². The fraction of sp³-hybridized carbons (Fsp3) is 0.227. The monoisotopic (exact) mass is 477 g/mol. The Kier molecular flexibility index (Phi) is 8.01. The number of aromatic nitrogens is 2. The molecule has 3 rings (SSSR count). The minimum Gasteiger partial charge on any atom is -0.493 e. The van der Waals surface area contributed by atoms with Crippen LogP contribution in [-0.2, 0) is 6.42 Å². The lowest BCUT2D eigenvalue weighted by Gasteiger charge is -2.19. The number of hydrogen-bond acceptors (Lipinski definition) is 6. The Morgan fingerprint density at radius 1 is 1.00 bits per heavy atom. The first kappa shape index (κ1) is 23.2. The Balaban J connectivity index is 1.74. The number of carbonyl (C=O) groups is 1. The smallest absolute Gasteiger partial charge is 0.256 e. The zero-order valence-corrected chi connectivity index (χ0v) is 19.6. The summed E-state index contributed by atoms with van der Waals surface area (Å²) in [6.45, 7) is 0.499. The number of amides is 1. The van der Waals surface area contributed by atoms with E-state index in [2.05, 4.69) is 10.2 Å². The first-order valence-electron chi connectivity index (χ1n) is 9.34. The van der Waals surface area contributed by atoms with Crippen molar-refractivity contribution in [3.8, 4) is 11.5 Å². The van der Waals surface area contributed by atoms with Crippen molar-refractivity contribution in [3.05, 3.63) is 69.8 Å². The van der Waals surface area contributed by atoms with Crippen LogP contribution in [0.3, 0.4) is 0 Å². The van der Waals surface area contributed by atoms with Crippen LogP contribution in [0.2, 0.25) is 10.2 Å². The fourth-order valence-corrected chi connectivity index (χ4v) is 3.95. The Labute approximate surface area is 195 Å². The Hall–Kier alpha value is -2.48. The number of methoxy groups -OCH3 is 2. The molecule has 9 heteroatoms. The average molecular weight is 478 g/mol. The van der Waals surface area contributed by atoms with Gasteiger partial charge in [-0.05, 0) is 54.4 Å². The van der Waals surface area contributed by atoms with Crippen LogP contribution in [-0.4, -0.2) is 48.8 Å². The zero-order valence-electron chi connectivity index (χ0n) is 17.3. The summed E-state index contributed by atoms with van der Waals surface area (Å²) in [5.74, 6) is 1.13. The molecule has 0 spiro atoms. The van der Waals surface area contributed by atoms with Crippen molar-refractivity contribution >= 4 is 40.9 Å². The molecule has 0 aliphatic carbocycles. The third-order valence-electron chi connectivity index (χ3n) is 4.52. The summed E-state index contributed by atoms with van der Waals surface area (Å²) < 4.78 is 10.6. The molecule has 162 valence electrons. The number of halogens is 2. The van der Waals surface area contributed by atoms with Gasteiger partial charge in [-0.25, -0.2) is 0 Å². The molecule has 6 nitrogen and oxygen atoms in total. The molecule has 1 amide bonds. The number of ether oxygens (including phenoxy) is 2. The Morgan fingerprint density at radius 3 is 2.39 bits per heavy atom. The highest BCUT2D eigenvalue weighted by Crippen LogP contribution is 2.31. The molecule has 0 aliphatic rings. The van der Waals surface area contributed by atoms with Gasteiger partial charge in [0.05, 0.1) is 19.8 Å². The number of nitrogens with zero attached hydrogens (tertiary/aromatic N) is 3. The van der Waals surface area contributed by atoms with Crippen LogP contribution in [0.4, 0.5) is 0 Å². The lowest BCUT2D eigenvalue weighted by atomic mass is 10.1. The van der Waals surface area contributed by atoms with Crippen molar-refractivity contribution in [3.63, 3.8) is 0 Å². The van der Waals surface area contributed by atoms with Gasteiger partial charge in [0.15, 0.2) is 16.7 Å². The van der Waals surface area contributed by atoms with Crippen molar-refractivity contribution in [2.75, 3.05) is 27.8 Å². The van der Waals surface area contributed by atoms with Gasteiger partial charge in [0.25, 0.3) is 5.91 Å². The number of hydrogen-bond donors (Lipinski definition) is 0. The van der Waals surface area contributed by atoms with Gasteiger partial charge >= 0.3 is 0 Å². The van der Waals surface area contributed by atoms with Gasteiger partial charge in [-0.2, -0.15) is 0 Å². The van der Waals surface area contributed by atoms with Crippen LogP contribution in [0.5, 0.6) is 11.5 Å². The summed E-state index contributed by atoms with van der Waals surface area (Å²) in [7, 11) is 4.93. The molecule has 0 radical (unpaired) electrons. The fourth-order valence-electron chi connectivity index (χ4n) is 2.84. The highest BCUT2D eigenvalue weighted by atomic mass is 35.5. The molecule has 1 aromatic heterocycles. The summed E-state index contributed by atoms with van der Waals surface area (Å²) in [5, 5.41) is 9.31. The predicted molar refractivity (Wildman–Crippen MR) is 123 cm³/mol. The van der Waals surface area contributed by atoms with E-state index in [1.54, 1.807) is 44.4 Å². The standard InChI is InChI=1S/C22H21Cl2N3O3S/c1-27(11-10-14-4-9-18(29-2)19(12-14)30-3)22(28)17-13-20(24)25-26-21(17)31-16-7-5-15(23)6-8-16/h4-9,12-13H,10-11H2,1-3H3. The third-order valence-corrected chi connectivity index (χ3v) is 5.96. The second kappa shape index (κ2) is 10.7. The Bertz CT molecular complexity index is 1060. The molecule has 1 heterocycles. The van der Waals surface area contributed by atoms with E-state index < -0.39 is 0 Å². The topological polar surface area (TPSA) is 64.5 Å². The zero-order chi connectivity index (χ0) is 22.4. The van der Waals surface area contributed by atoms with E-state index in [0.717, 1.165) is 10.5 Å². The van der Waals surface area contributed by atoms with Crippen LogP contribution in [0.15, 0.2) is 58.5 Å². The largest absolute Gasteiger partial charge is 0.493 e. The summed E-state index contributed by atoms with van der Waals surface area (Å²) in [6.07, 6.45) is 0.647. The first-order valence-corrected chi connectivity index (χ1v) is 10.9. The van der Waals surface area contributed by atoms with E-state index in [9.17, 15) is 4.79 Å². The van der Waals surface area contributed by atoms with Crippen molar-refractivity contribution in [2.24, 2.45) is 0 Å². The van der Waals surface area contributed by atoms with Gasteiger partial charge < -0.3 is 14.4 Å². The van der Waals surface area contributed by atoms with Crippen LogP contribution < -0.4 is 9.47 Å². The summed E-state index contributed by atoms with van der Waals surface area (Å²) in [5.41, 5.74) is 1.42. The maximum atomic E-state index is 13.1. The summed E-state index contributed by atoms with van der Waals surface area (Å²) in [4.78, 5) is 15.7. The summed E-state index contributed by atoms with van der Waals surface area (Å²) >= 11 is 13.3. The SMILES string of the molecule is COc1ccc(CCN(C)C(=O)c2cc(Cl)nnc2Sc2ccc(Cl)cc2)cc1OC. The van der Waals surface area contributed by atoms with Gasteiger partial charge in [0.1, 0.15) is 5.03 Å². The molecule has 0 saturated heterocycles. The van der Waals surface area contributed by atoms with E-state index in [-0.39, 0.29) is 11.1 Å². The van der Waals surface area contributed by atoms with Gasteiger partial charge in [-0.3, -0.25) is 4.79 Å². The number of likely N-dealkylation sites (N-methyl/N-ethyl adjacent to an activating group) is 1. The molecule has 0 unspecified atom stereocenters. The molecule has 0 aliphatic heterocycles. The molecule has 31 heavy (non-hydrogen) atoms. The maximum Gasteiger partial charge on any atom is 0.256 e. The molecule has 0 N–H and O–H groups in total. The average Bonchev–Trinajstić information content (AvgIpc) is 2.79. The van der Waals surface area contributed by atoms with E-state index in [4.69, 9.17) is 32.7 Å². The van der Waals surface area contributed by atoms with Crippen molar-refractivity contribution < 1.29 is 14.3 Å². The second-order valence-corrected chi connectivity index (χ2v) is 8.49. The van der Waals surface area contributed by atoms with E-state index in [1.165, 1.54) is 11.8 Å². The number of rotatable bonds is 8. The van der Waals surface area contributed by atoms with Crippen molar-refractivity contribution in [1.29, 1.82) is 0 Å². The minimum absolute atomic E-state index is 0.164. The first-order chi connectivity index (χ1) is 14.9. The van der Waals surface area contributed by atoms with Gasteiger partial charge in [-0.15, -0.1) is 10.2 Å². The molecular formula is C22H21Cl2N3O3S. The van der Waals surface area contributed by atoms with Gasteiger partial charge in [0, 0.05) is 23.5 Å². The number of benzene rings is 2. The van der Waals surface area contributed by atoms with Gasteiger partial charge in [-0.1, -0.05) is 41.0 Å². The molecule has 0 saturated carbocycles. The van der Waals surface area contributed by atoms with E-state index in [0.29, 0.717) is 40.1 Å². The minimum atomic E-state index is -0.186. The summed E-state index contributed by atoms with van der Waals surface area (Å²) in [6, 6.07) is 14.5. The third kappa shape index (κ3) is 6.03. The van der Waals surface area contributed by atoms with Crippen LogP contribution in [0.25, 0.3) is 0 Å². The van der Waals surface area contributed by atoms with E-state index in [1.807, 2.05) is 30.3 Å². The Morgan fingerprint density at radius 2 is 1.71 bits per heavy atom. The number of carbonyl (C=O) groups excluding carboxylic acids is 1. The molecule has 3 aromatic rings. The molecular weight excluding hydrogens is 457 g/mol. The second-order valence-electron chi connectivity index (χ2n) is 6.61. The van der Waals surface area contributed by atoms with Gasteiger partial charge in [0.2, 0.25) is 0 Å². The lowest BCUT2D eigenvalue weighted by Crippen LogP contribution is -2.29. The highest BCUT2D eigenvalue weighted by molar-refractivity contribution is 7.99. The van der Waals surface area contributed by atoms with Crippen molar-refractivity contribution in [1.82, 2.24) is 15.1 Å². The molecule has 0 fully saturated rings. The molecule has 0 atom stereocenters. The van der Waals surface area contributed by atoms with Crippen LogP contribution in [0.1, 0.15) is 15.9 Å². The molecule has 2 aromatic carbocycles. The van der Waals surface area contributed by atoms with E-state index >= 15 is 0 Å². The maximum absolute atomic E-state index is 13.1.